The molecule has 1 heterocycles. The summed E-state index contributed by atoms with van der Waals surface area (Å²) in [5.74, 6) is 0.980. The van der Waals surface area contributed by atoms with Crippen LogP contribution in [0.1, 0.15) is 59.3 Å². The Morgan fingerprint density at radius 1 is 1.18 bits per heavy atom. The molecule has 2 heteroatoms. The van der Waals surface area contributed by atoms with Crippen LogP contribution in [0.5, 0.6) is 0 Å². The molecule has 0 spiro atoms. The largest absolute Gasteiger partial charge is 0.313 e. The molecule has 1 aliphatic heterocycles. The minimum absolute atomic E-state index is 0.723. The summed E-state index contributed by atoms with van der Waals surface area (Å²) in [5, 5.41) is 3.70. The van der Waals surface area contributed by atoms with Gasteiger partial charge < -0.3 is 10.2 Å². The maximum absolute atomic E-state index is 3.70. The van der Waals surface area contributed by atoms with Gasteiger partial charge in [-0.3, -0.25) is 0 Å². The van der Waals surface area contributed by atoms with E-state index in [0.29, 0.717) is 0 Å². The van der Waals surface area contributed by atoms with Crippen molar-refractivity contribution >= 4 is 0 Å². The second kappa shape index (κ2) is 8.93. The van der Waals surface area contributed by atoms with Crippen molar-refractivity contribution in [2.75, 3.05) is 26.2 Å². The smallest absolute Gasteiger partial charge is 0.0194 e. The zero-order valence-corrected chi connectivity index (χ0v) is 12.2. The molecule has 0 radical (unpaired) electrons. The second-order valence-electron chi connectivity index (χ2n) is 5.64. The zero-order valence-electron chi connectivity index (χ0n) is 12.2. The van der Waals surface area contributed by atoms with E-state index in [1.807, 2.05) is 0 Å². The summed E-state index contributed by atoms with van der Waals surface area (Å²) in [5.41, 5.74) is 0. The number of rotatable bonds is 9. The molecule has 17 heavy (non-hydrogen) atoms. The highest BCUT2D eigenvalue weighted by Gasteiger charge is 2.23. The van der Waals surface area contributed by atoms with Gasteiger partial charge in [-0.1, -0.05) is 33.6 Å². The van der Waals surface area contributed by atoms with Crippen molar-refractivity contribution in [2.24, 2.45) is 5.92 Å². The maximum atomic E-state index is 3.70. The Bertz CT molecular complexity index is 182. The van der Waals surface area contributed by atoms with Gasteiger partial charge in [0.05, 0.1) is 0 Å². The molecule has 1 saturated heterocycles. The Morgan fingerprint density at radius 3 is 2.65 bits per heavy atom. The third-order valence-electron chi connectivity index (χ3n) is 3.87. The van der Waals surface area contributed by atoms with Gasteiger partial charge in [-0.25, -0.2) is 0 Å². The van der Waals surface area contributed by atoms with Crippen LogP contribution in [0.3, 0.4) is 0 Å². The zero-order chi connectivity index (χ0) is 12.5. The molecule has 1 rings (SSSR count). The SMILES string of the molecule is CCCNC(CCC)CN1CCC(CCC)C1. The lowest BCUT2D eigenvalue weighted by Gasteiger charge is -2.24. The number of likely N-dealkylation sites (tertiary alicyclic amines) is 1. The van der Waals surface area contributed by atoms with Gasteiger partial charge in [0.25, 0.3) is 0 Å². The number of hydrogen-bond acceptors (Lipinski definition) is 2. The molecule has 2 atom stereocenters. The van der Waals surface area contributed by atoms with Crippen LogP contribution in [-0.2, 0) is 0 Å². The molecule has 1 aliphatic rings. The topological polar surface area (TPSA) is 15.3 Å². The predicted molar refractivity (Wildman–Crippen MR) is 76.4 cm³/mol. The van der Waals surface area contributed by atoms with Crippen LogP contribution in [0, 0.1) is 5.92 Å². The van der Waals surface area contributed by atoms with Gasteiger partial charge in [-0.2, -0.15) is 0 Å². The van der Waals surface area contributed by atoms with E-state index < -0.39 is 0 Å². The summed E-state index contributed by atoms with van der Waals surface area (Å²) >= 11 is 0. The van der Waals surface area contributed by atoms with E-state index in [1.54, 1.807) is 0 Å². The van der Waals surface area contributed by atoms with Crippen molar-refractivity contribution in [1.29, 1.82) is 0 Å². The fraction of sp³-hybridized carbons (Fsp3) is 1.00. The molecular weight excluding hydrogens is 208 g/mol. The number of nitrogens with zero attached hydrogens (tertiary/aromatic N) is 1. The van der Waals surface area contributed by atoms with Crippen molar-refractivity contribution in [3.05, 3.63) is 0 Å². The van der Waals surface area contributed by atoms with Gasteiger partial charge in [-0.05, 0) is 44.7 Å². The van der Waals surface area contributed by atoms with Crippen molar-refractivity contribution in [2.45, 2.75) is 65.3 Å². The Hall–Kier alpha value is -0.0800. The van der Waals surface area contributed by atoms with Gasteiger partial charge in [0.2, 0.25) is 0 Å². The summed E-state index contributed by atoms with van der Waals surface area (Å²) < 4.78 is 0. The highest BCUT2D eigenvalue weighted by Crippen LogP contribution is 2.21. The third-order valence-corrected chi connectivity index (χ3v) is 3.87. The first-order valence-electron chi connectivity index (χ1n) is 7.75. The number of nitrogens with one attached hydrogen (secondary N) is 1. The highest BCUT2D eigenvalue weighted by atomic mass is 15.2. The van der Waals surface area contributed by atoms with E-state index in [-0.39, 0.29) is 0 Å². The Balaban J connectivity index is 2.24. The summed E-state index contributed by atoms with van der Waals surface area (Å²) in [6.07, 6.45) is 8.09. The van der Waals surface area contributed by atoms with Crippen LogP contribution in [0.15, 0.2) is 0 Å². The summed E-state index contributed by atoms with van der Waals surface area (Å²) in [6, 6.07) is 0.723. The third kappa shape index (κ3) is 5.87. The fourth-order valence-electron chi connectivity index (χ4n) is 2.99. The quantitative estimate of drug-likeness (QED) is 0.665. The standard InChI is InChI=1S/C15H32N2/c1-4-7-14-9-11-17(12-14)13-15(8-5-2)16-10-6-3/h14-16H,4-13H2,1-3H3. The van der Waals surface area contributed by atoms with Gasteiger partial charge in [0.15, 0.2) is 0 Å². The summed E-state index contributed by atoms with van der Waals surface area (Å²) in [4.78, 5) is 2.68. The van der Waals surface area contributed by atoms with E-state index in [2.05, 4.69) is 31.0 Å². The molecule has 0 saturated carbocycles. The lowest BCUT2D eigenvalue weighted by molar-refractivity contribution is 0.270. The van der Waals surface area contributed by atoms with Crippen molar-refractivity contribution in [3.8, 4) is 0 Å². The molecule has 0 aromatic rings. The van der Waals surface area contributed by atoms with Gasteiger partial charge in [0, 0.05) is 19.1 Å². The van der Waals surface area contributed by atoms with Crippen LogP contribution < -0.4 is 5.32 Å². The van der Waals surface area contributed by atoms with Gasteiger partial charge >= 0.3 is 0 Å². The fourth-order valence-corrected chi connectivity index (χ4v) is 2.99. The molecule has 1 fully saturated rings. The molecule has 0 bridgehead atoms. The Morgan fingerprint density at radius 2 is 2.00 bits per heavy atom. The van der Waals surface area contributed by atoms with E-state index in [1.165, 1.54) is 64.7 Å². The monoisotopic (exact) mass is 240 g/mol. The molecule has 102 valence electrons. The average molecular weight is 240 g/mol. The maximum Gasteiger partial charge on any atom is 0.0194 e. The van der Waals surface area contributed by atoms with Crippen LogP contribution in [-0.4, -0.2) is 37.1 Å². The molecule has 0 aromatic carbocycles. The first kappa shape index (κ1) is 15.0. The van der Waals surface area contributed by atoms with E-state index in [4.69, 9.17) is 0 Å². The minimum Gasteiger partial charge on any atom is -0.313 e. The molecule has 2 nitrogen and oxygen atoms in total. The number of hydrogen-bond donors (Lipinski definition) is 1. The lowest BCUT2D eigenvalue weighted by atomic mass is 10.0. The minimum atomic E-state index is 0.723. The Kier molecular flexibility index (Phi) is 7.87. The second-order valence-corrected chi connectivity index (χ2v) is 5.64. The molecule has 1 N–H and O–H groups in total. The Labute approximate surface area is 108 Å². The van der Waals surface area contributed by atoms with Gasteiger partial charge in [-0.15, -0.1) is 0 Å². The van der Waals surface area contributed by atoms with Crippen molar-refractivity contribution in [3.63, 3.8) is 0 Å². The van der Waals surface area contributed by atoms with Crippen LogP contribution >= 0.6 is 0 Å². The van der Waals surface area contributed by atoms with Crippen LogP contribution in [0.4, 0.5) is 0 Å². The molecule has 0 aliphatic carbocycles. The highest BCUT2D eigenvalue weighted by molar-refractivity contribution is 4.79. The normalized spacial score (nSPS) is 23.1. The van der Waals surface area contributed by atoms with Crippen LogP contribution in [0.2, 0.25) is 0 Å². The summed E-state index contributed by atoms with van der Waals surface area (Å²) in [7, 11) is 0. The summed E-state index contributed by atoms with van der Waals surface area (Å²) in [6.45, 7) is 12.0. The molecule has 2 unspecified atom stereocenters. The van der Waals surface area contributed by atoms with Crippen LogP contribution in [0.25, 0.3) is 0 Å². The van der Waals surface area contributed by atoms with E-state index in [0.717, 1.165) is 12.0 Å². The van der Waals surface area contributed by atoms with E-state index in [9.17, 15) is 0 Å². The molecule has 0 amide bonds. The van der Waals surface area contributed by atoms with E-state index >= 15 is 0 Å². The predicted octanol–water partition coefficient (Wildman–Crippen LogP) is 3.28. The average Bonchev–Trinajstić information content (AvgIpc) is 2.74. The van der Waals surface area contributed by atoms with Crippen molar-refractivity contribution in [1.82, 2.24) is 10.2 Å². The molecular formula is C15H32N2. The van der Waals surface area contributed by atoms with Crippen molar-refractivity contribution < 1.29 is 0 Å². The first-order chi connectivity index (χ1) is 8.30. The lowest BCUT2D eigenvalue weighted by Crippen LogP contribution is -2.40. The van der Waals surface area contributed by atoms with Gasteiger partial charge in [0.1, 0.15) is 0 Å². The first-order valence-corrected chi connectivity index (χ1v) is 7.75. The molecule has 0 aromatic heterocycles.